The maximum atomic E-state index is 6.16. The average Bonchev–Trinajstić information content (AvgIpc) is 2.40. The van der Waals surface area contributed by atoms with Crippen LogP contribution in [0.25, 0.3) is 0 Å². The van der Waals surface area contributed by atoms with Crippen LogP contribution in [0, 0.1) is 11.8 Å². The van der Waals surface area contributed by atoms with Crippen molar-refractivity contribution >= 4 is 0 Å². The molecule has 2 bridgehead atoms. The van der Waals surface area contributed by atoms with E-state index in [-0.39, 0.29) is 17.8 Å². The SMILES string of the molecule is CC(C)C[C@]12O[C@@H](C)[C@H](O[C@H]1C)[C@@H]2C. The molecule has 2 fully saturated rings. The number of rotatable bonds is 2. The van der Waals surface area contributed by atoms with Crippen molar-refractivity contribution < 1.29 is 9.47 Å². The zero-order valence-electron chi connectivity index (χ0n) is 9.91. The molecule has 0 amide bonds. The van der Waals surface area contributed by atoms with E-state index in [1.54, 1.807) is 0 Å². The highest BCUT2D eigenvalue weighted by atomic mass is 16.6. The van der Waals surface area contributed by atoms with Crippen LogP contribution < -0.4 is 0 Å². The van der Waals surface area contributed by atoms with Gasteiger partial charge < -0.3 is 9.47 Å². The first-order valence-electron chi connectivity index (χ1n) is 5.80. The van der Waals surface area contributed by atoms with Crippen molar-refractivity contribution in [3.63, 3.8) is 0 Å². The molecule has 0 spiro atoms. The molecule has 0 unspecified atom stereocenters. The van der Waals surface area contributed by atoms with Gasteiger partial charge in [-0.1, -0.05) is 20.8 Å². The lowest BCUT2D eigenvalue weighted by Crippen LogP contribution is -2.45. The molecule has 2 heteroatoms. The number of ether oxygens (including phenoxy) is 2. The van der Waals surface area contributed by atoms with Gasteiger partial charge in [0.2, 0.25) is 0 Å². The fourth-order valence-electron chi connectivity index (χ4n) is 3.29. The largest absolute Gasteiger partial charge is 0.369 e. The van der Waals surface area contributed by atoms with Gasteiger partial charge in [0.1, 0.15) is 0 Å². The van der Waals surface area contributed by atoms with Gasteiger partial charge in [-0.15, -0.1) is 0 Å². The first-order chi connectivity index (χ1) is 6.47. The summed E-state index contributed by atoms with van der Waals surface area (Å²) in [7, 11) is 0. The van der Waals surface area contributed by atoms with Gasteiger partial charge in [0.25, 0.3) is 0 Å². The molecule has 82 valence electrons. The molecule has 0 aromatic rings. The van der Waals surface area contributed by atoms with Gasteiger partial charge in [0.15, 0.2) is 0 Å². The molecule has 2 aliphatic heterocycles. The van der Waals surface area contributed by atoms with Gasteiger partial charge in [0.05, 0.1) is 23.9 Å². The summed E-state index contributed by atoms with van der Waals surface area (Å²) in [6.45, 7) is 11.1. The minimum Gasteiger partial charge on any atom is -0.369 e. The number of hydrogen-bond donors (Lipinski definition) is 0. The third kappa shape index (κ3) is 1.24. The summed E-state index contributed by atoms with van der Waals surface area (Å²) in [5.41, 5.74) is -0.00174. The molecule has 0 aliphatic carbocycles. The first kappa shape index (κ1) is 10.4. The van der Waals surface area contributed by atoms with Crippen molar-refractivity contribution in [3.8, 4) is 0 Å². The molecule has 2 saturated heterocycles. The Morgan fingerprint density at radius 1 is 1.21 bits per heavy atom. The maximum Gasteiger partial charge on any atom is 0.0998 e. The van der Waals surface area contributed by atoms with Crippen LogP contribution in [0.5, 0.6) is 0 Å². The van der Waals surface area contributed by atoms with E-state index in [9.17, 15) is 0 Å². The molecular weight excluding hydrogens is 176 g/mol. The highest BCUT2D eigenvalue weighted by Gasteiger charge is 2.61. The van der Waals surface area contributed by atoms with Crippen LogP contribution in [0.3, 0.4) is 0 Å². The highest BCUT2D eigenvalue weighted by Crippen LogP contribution is 2.51. The lowest BCUT2D eigenvalue weighted by molar-refractivity contribution is -0.179. The Balaban J connectivity index is 2.22. The van der Waals surface area contributed by atoms with Crippen molar-refractivity contribution in [2.75, 3.05) is 0 Å². The number of hydrogen-bond acceptors (Lipinski definition) is 2. The topological polar surface area (TPSA) is 18.5 Å². The van der Waals surface area contributed by atoms with Crippen molar-refractivity contribution in [2.24, 2.45) is 11.8 Å². The van der Waals surface area contributed by atoms with Crippen LogP contribution in [-0.4, -0.2) is 23.9 Å². The van der Waals surface area contributed by atoms with Crippen LogP contribution in [0.4, 0.5) is 0 Å². The molecule has 2 rings (SSSR count). The predicted molar refractivity (Wildman–Crippen MR) is 56.2 cm³/mol. The van der Waals surface area contributed by atoms with Gasteiger partial charge >= 0.3 is 0 Å². The third-order valence-electron chi connectivity index (χ3n) is 3.91. The molecule has 2 heterocycles. The van der Waals surface area contributed by atoms with E-state index < -0.39 is 0 Å². The maximum absolute atomic E-state index is 6.16. The van der Waals surface area contributed by atoms with E-state index in [0.717, 1.165) is 6.42 Å². The molecule has 0 saturated carbocycles. The lowest BCUT2D eigenvalue weighted by Gasteiger charge is -2.37. The normalized spacial score (nSPS) is 51.9. The van der Waals surface area contributed by atoms with Gasteiger partial charge in [0, 0.05) is 5.92 Å². The monoisotopic (exact) mass is 198 g/mol. The van der Waals surface area contributed by atoms with Crippen LogP contribution in [0.1, 0.15) is 41.0 Å². The molecule has 0 radical (unpaired) electrons. The van der Waals surface area contributed by atoms with E-state index in [1.807, 2.05) is 0 Å². The second-order valence-electron chi connectivity index (χ2n) is 5.41. The summed E-state index contributed by atoms with van der Waals surface area (Å²) in [5.74, 6) is 1.22. The number of fused-ring (bicyclic) bond motifs is 2. The Labute approximate surface area is 87.0 Å². The van der Waals surface area contributed by atoms with Crippen LogP contribution in [0.2, 0.25) is 0 Å². The van der Waals surface area contributed by atoms with Crippen molar-refractivity contribution in [3.05, 3.63) is 0 Å². The zero-order chi connectivity index (χ0) is 10.5. The van der Waals surface area contributed by atoms with Crippen molar-refractivity contribution in [1.29, 1.82) is 0 Å². The standard InChI is InChI=1S/C12H22O2/c1-7(2)6-12-8(3)11(9(4)14-12)13-10(12)5/h7-11H,6H2,1-5H3/t8-,9-,10-,11+,12+/m0/s1. The van der Waals surface area contributed by atoms with Crippen molar-refractivity contribution in [2.45, 2.75) is 65.0 Å². The summed E-state index contributed by atoms with van der Waals surface area (Å²) in [5, 5.41) is 0. The van der Waals surface area contributed by atoms with Gasteiger partial charge in [-0.2, -0.15) is 0 Å². The van der Waals surface area contributed by atoms with E-state index >= 15 is 0 Å². The second-order valence-corrected chi connectivity index (χ2v) is 5.41. The Morgan fingerprint density at radius 3 is 2.29 bits per heavy atom. The molecule has 0 aromatic carbocycles. The molecule has 0 aromatic heterocycles. The lowest BCUT2D eigenvalue weighted by atomic mass is 9.80. The fourth-order valence-corrected chi connectivity index (χ4v) is 3.29. The summed E-state index contributed by atoms with van der Waals surface area (Å²) in [6, 6.07) is 0. The zero-order valence-corrected chi connectivity index (χ0v) is 9.91. The Kier molecular flexibility index (Phi) is 2.39. The van der Waals surface area contributed by atoms with Crippen molar-refractivity contribution in [1.82, 2.24) is 0 Å². The van der Waals surface area contributed by atoms with Gasteiger partial charge in [-0.25, -0.2) is 0 Å². The average molecular weight is 198 g/mol. The molecular formula is C12H22O2. The summed E-state index contributed by atoms with van der Waals surface area (Å²) >= 11 is 0. The van der Waals surface area contributed by atoms with E-state index in [4.69, 9.17) is 9.47 Å². The summed E-state index contributed by atoms with van der Waals surface area (Å²) < 4.78 is 12.1. The molecule has 14 heavy (non-hydrogen) atoms. The second kappa shape index (κ2) is 3.21. The fraction of sp³-hybridized carbons (Fsp3) is 1.00. The molecule has 0 N–H and O–H groups in total. The Hall–Kier alpha value is -0.0800. The van der Waals surface area contributed by atoms with E-state index in [0.29, 0.717) is 17.9 Å². The molecule has 2 aliphatic rings. The van der Waals surface area contributed by atoms with Crippen LogP contribution >= 0.6 is 0 Å². The van der Waals surface area contributed by atoms with E-state index in [1.165, 1.54) is 0 Å². The van der Waals surface area contributed by atoms with E-state index in [2.05, 4.69) is 34.6 Å². The predicted octanol–water partition coefficient (Wildman–Crippen LogP) is 2.61. The highest BCUT2D eigenvalue weighted by molar-refractivity contribution is 5.08. The quantitative estimate of drug-likeness (QED) is 0.679. The Morgan fingerprint density at radius 2 is 1.86 bits per heavy atom. The van der Waals surface area contributed by atoms with Gasteiger partial charge in [-0.05, 0) is 26.2 Å². The first-order valence-corrected chi connectivity index (χ1v) is 5.80. The third-order valence-corrected chi connectivity index (χ3v) is 3.91. The minimum absolute atomic E-state index is 0.00174. The van der Waals surface area contributed by atoms with Crippen LogP contribution in [-0.2, 0) is 9.47 Å². The summed E-state index contributed by atoms with van der Waals surface area (Å²) in [6.07, 6.45) is 1.99. The van der Waals surface area contributed by atoms with Crippen LogP contribution in [0.15, 0.2) is 0 Å². The molecule has 2 nitrogen and oxygen atoms in total. The summed E-state index contributed by atoms with van der Waals surface area (Å²) in [4.78, 5) is 0. The molecule has 5 atom stereocenters. The minimum atomic E-state index is -0.00174. The Bertz CT molecular complexity index is 226. The smallest absolute Gasteiger partial charge is 0.0998 e. The van der Waals surface area contributed by atoms with Gasteiger partial charge in [-0.3, -0.25) is 0 Å².